The first kappa shape index (κ1) is 26.1. The van der Waals surface area contributed by atoms with Crippen molar-refractivity contribution in [2.45, 2.75) is 25.7 Å². The third kappa shape index (κ3) is 8.69. The van der Waals surface area contributed by atoms with Crippen molar-refractivity contribution in [2.75, 3.05) is 58.2 Å². The molecule has 0 saturated heterocycles. The summed E-state index contributed by atoms with van der Waals surface area (Å²) < 4.78 is 16.4. The van der Waals surface area contributed by atoms with E-state index in [1.54, 1.807) is 39.5 Å². The van der Waals surface area contributed by atoms with Crippen molar-refractivity contribution >= 4 is 17.4 Å². The fraction of sp³-hybridized carbons (Fsp3) is 0.423. The summed E-state index contributed by atoms with van der Waals surface area (Å²) in [6, 6.07) is 12.5. The Hall–Kier alpha value is -3.19. The molecule has 0 aliphatic rings. The Morgan fingerprint density at radius 2 is 1.67 bits per heavy atom. The maximum Gasteiger partial charge on any atom is 0.326 e. The van der Waals surface area contributed by atoms with Crippen molar-refractivity contribution in [1.82, 2.24) is 4.90 Å². The van der Waals surface area contributed by atoms with Crippen LogP contribution < -0.4 is 24.4 Å². The molecule has 0 aromatic heterocycles. The van der Waals surface area contributed by atoms with Gasteiger partial charge in [-0.3, -0.25) is 4.90 Å². The summed E-state index contributed by atoms with van der Waals surface area (Å²) in [4.78, 5) is 16.5. The third-order valence-electron chi connectivity index (χ3n) is 5.32. The first-order valence-electron chi connectivity index (χ1n) is 11.3. The van der Waals surface area contributed by atoms with Crippen molar-refractivity contribution in [3.8, 4) is 17.2 Å². The molecule has 180 valence electrons. The van der Waals surface area contributed by atoms with Crippen LogP contribution in [-0.2, 0) is 0 Å². The standard InChI is InChI=1S/C26H37N3O4/c1-6-17-28(2)18-9-7-8-10-19-33-22-13-11-21(12-14-22)29(3)26(30)27-24-16-15-23(31-4)20-25(24)32-5/h6,11-16,20H,1,7-10,17-19H2,2-5H3,(H,27,30). The van der Waals surface area contributed by atoms with Crippen LogP contribution in [0, 0.1) is 0 Å². The molecule has 0 radical (unpaired) electrons. The van der Waals surface area contributed by atoms with E-state index in [0.717, 1.165) is 37.4 Å². The highest BCUT2D eigenvalue weighted by molar-refractivity contribution is 6.02. The van der Waals surface area contributed by atoms with Gasteiger partial charge in [0.15, 0.2) is 0 Å². The number of urea groups is 1. The molecule has 2 amide bonds. The highest BCUT2D eigenvalue weighted by Crippen LogP contribution is 2.29. The van der Waals surface area contributed by atoms with Crippen LogP contribution in [0.25, 0.3) is 0 Å². The van der Waals surface area contributed by atoms with Crippen LogP contribution in [0.2, 0.25) is 0 Å². The minimum absolute atomic E-state index is 0.272. The number of carbonyl (C=O) groups excluding carboxylic acids is 1. The van der Waals surface area contributed by atoms with Crippen molar-refractivity contribution in [3.05, 3.63) is 55.1 Å². The second kappa shape index (κ2) is 14.1. The van der Waals surface area contributed by atoms with E-state index >= 15 is 0 Å². The van der Waals surface area contributed by atoms with Gasteiger partial charge in [-0.1, -0.05) is 18.9 Å². The second-order valence-corrected chi connectivity index (χ2v) is 7.86. The Balaban J connectivity index is 1.76. The van der Waals surface area contributed by atoms with E-state index in [1.807, 2.05) is 30.3 Å². The Morgan fingerprint density at radius 1 is 0.970 bits per heavy atom. The molecule has 0 heterocycles. The van der Waals surface area contributed by atoms with Crippen LogP contribution in [0.15, 0.2) is 55.1 Å². The lowest BCUT2D eigenvalue weighted by Gasteiger charge is -2.19. The van der Waals surface area contributed by atoms with Crippen molar-refractivity contribution in [1.29, 1.82) is 0 Å². The smallest absolute Gasteiger partial charge is 0.326 e. The molecule has 0 spiro atoms. The number of hydrogen-bond acceptors (Lipinski definition) is 5. The minimum Gasteiger partial charge on any atom is -0.497 e. The normalized spacial score (nSPS) is 10.6. The lowest BCUT2D eigenvalue weighted by molar-refractivity contribution is 0.258. The fourth-order valence-electron chi connectivity index (χ4n) is 3.32. The fourth-order valence-corrected chi connectivity index (χ4v) is 3.32. The molecule has 0 fully saturated rings. The third-order valence-corrected chi connectivity index (χ3v) is 5.32. The van der Waals surface area contributed by atoms with Crippen molar-refractivity contribution in [3.63, 3.8) is 0 Å². The van der Waals surface area contributed by atoms with Crippen molar-refractivity contribution in [2.24, 2.45) is 0 Å². The van der Waals surface area contributed by atoms with Gasteiger partial charge in [0, 0.05) is 25.3 Å². The van der Waals surface area contributed by atoms with Crippen LogP contribution in [0.1, 0.15) is 25.7 Å². The summed E-state index contributed by atoms with van der Waals surface area (Å²) in [6.07, 6.45) is 6.50. The number of carbonyl (C=O) groups is 1. The maximum atomic E-state index is 12.7. The predicted octanol–water partition coefficient (Wildman–Crippen LogP) is 5.43. The summed E-state index contributed by atoms with van der Waals surface area (Å²) in [7, 11) is 6.97. The van der Waals surface area contributed by atoms with E-state index in [4.69, 9.17) is 14.2 Å². The first-order chi connectivity index (χ1) is 16.0. The van der Waals surface area contributed by atoms with Crippen LogP contribution in [-0.4, -0.2) is 58.9 Å². The topological polar surface area (TPSA) is 63.3 Å². The lowest BCUT2D eigenvalue weighted by Crippen LogP contribution is -2.31. The van der Waals surface area contributed by atoms with E-state index in [0.29, 0.717) is 23.8 Å². The summed E-state index contributed by atoms with van der Waals surface area (Å²) in [5, 5.41) is 2.87. The van der Waals surface area contributed by atoms with Gasteiger partial charge >= 0.3 is 6.03 Å². The SMILES string of the molecule is C=CCN(C)CCCCCCOc1ccc(N(C)C(=O)Nc2ccc(OC)cc2OC)cc1. The van der Waals surface area contributed by atoms with Gasteiger partial charge in [-0.2, -0.15) is 0 Å². The Bertz CT molecular complexity index is 870. The number of amides is 2. The van der Waals surface area contributed by atoms with Gasteiger partial charge in [-0.05, 0) is 62.8 Å². The number of unbranched alkanes of at least 4 members (excludes halogenated alkanes) is 3. The molecule has 2 aromatic rings. The van der Waals surface area contributed by atoms with Gasteiger partial charge in [0.1, 0.15) is 17.2 Å². The van der Waals surface area contributed by atoms with Crippen LogP contribution in [0.4, 0.5) is 16.2 Å². The van der Waals surface area contributed by atoms with Gasteiger partial charge in [0.2, 0.25) is 0 Å². The molecule has 7 heteroatoms. The molecule has 0 bridgehead atoms. The number of benzene rings is 2. The van der Waals surface area contributed by atoms with E-state index in [9.17, 15) is 4.79 Å². The number of methoxy groups -OCH3 is 2. The molecule has 0 aliphatic heterocycles. The van der Waals surface area contributed by atoms with Gasteiger partial charge in [-0.25, -0.2) is 4.79 Å². The highest BCUT2D eigenvalue weighted by atomic mass is 16.5. The van der Waals surface area contributed by atoms with E-state index < -0.39 is 0 Å². The summed E-state index contributed by atoms with van der Waals surface area (Å²) in [5.74, 6) is 1.99. The van der Waals surface area contributed by atoms with E-state index in [2.05, 4.69) is 23.8 Å². The van der Waals surface area contributed by atoms with Crippen LogP contribution in [0.5, 0.6) is 17.2 Å². The first-order valence-corrected chi connectivity index (χ1v) is 11.3. The zero-order valence-corrected chi connectivity index (χ0v) is 20.3. The number of likely N-dealkylation sites (N-methyl/N-ethyl adjacent to an activating group) is 1. The predicted molar refractivity (Wildman–Crippen MR) is 135 cm³/mol. The van der Waals surface area contributed by atoms with Gasteiger partial charge < -0.3 is 24.4 Å². The average molecular weight is 456 g/mol. The number of rotatable bonds is 14. The largest absolute Gasteiger partial charge is 0.497 e. The molecule has 7 nitrogen and oxygen atoms in total. The molecule has 33 heavy (non-hydrogen) atoms. The Labute approximate surface area is 197 Å². The number of nitrogens with one attached hydrogen (secondary N) is 1. The number of anilines is 2. The quantitative estimate of drug-likeness (QED) is 0.304. The monoisotopic (exact) mass is 455 g/mol. The zero-order valence-electron chi connectivity index (χ0n) is 20.3. The molecule has 0 atom stereocenters. The van der Waals surface area contributed by atoms with Crippen LogP contribution >= 0.6 is 0 Å². The highest BCUT2D eigenvalue weighted by Gasteiger charge is 2.14. The molecule has 2 aromatic carbocycles. The molecule has 0 aliphatic carbocycles. The molecule has 0 unspecified atom stereocenters. The van der Waals surface area contributed by atoms with Gasteiger partial charge in [0.25, 0.3) is 0 Å². The lowest BCUT2D eigenvalue weighted by atomic mass is 10.2. The second-order valence-electron chi connectivity index (χ2n) is 7.86. The minimum atomic E-state index is -0.272. The zero-order chi connectivity index (χ0) is 24.1. The van der Waals surface area contributed by atoms with Gasteiger partial charge in [-0.15, -0.1) is 6.58 Å². The molecular weight excluding hydrogens is 418 g/mol. The molecular formula is C26H37N3O4. The molecule has 0 saturated carbocycles. The summed E-state index contributed by atoms with van der Waals surface area (Å²) in [5.41, 5.74) is 1.33. The number of hydrogen-bond donors (Lipinski definition) is 1. The van der Waals surface area contributed by atoms with Gasteiger partial charge in [0.05, 0.1) is 26.5 Å². The summed E-state index contributed by atoms with van der Waals surface area (Å²) >= 11 is 0. The van der Waals surface area contributed by atoms with E-state index in [-0.39, 0.29) is 6.03 Å². The average Bonchev–Trinajstić information content (AvgIpc) is 2.83. The maximum absolute atomic E-state index is 12.7. The Morgan fingerprint density at radius 3 is 2.33 bits per heavy atom. The van der Waals surface area contributed by atoms with E-state index in [1.165, 1.54) is 17.7 Å². The molecule has 2 rings (SSSR count). The number of nitrogens with zero attached hydrogens (tertiary/aromatic N) is 2. The molecule has 1 N–H and O–H groups in total. The Kier molecular flexibility index (Phi) is 11.1. The number of ether oxygens (including phenoxy) is 3. The summed E-state index contributed by atoms with van der Waals surface area (Å²) in [6.45, 7) is 6.49. The van der Waals surface area contributed by atoms with Crippen molar-refractivity contribution < 1.29 is 19.0 Å². The van der Waals surface area contributed by atoms with Crippen LogP contribution in [0.3, 0.4) is 0 Å².